The Kier molecular flexibility index (Phi) is 4.83. The average Bonchev–Trinajstić information content (AvgIpc) is 2.85. The zero-order valence-electron chi connectivity index (χ0n) is 11.7. The van der Waals surface area contributed by atoms with E-state index in [0.29, 0.717) is 10.2 Å². The monoisotopic (exact) mass is 341 g/mol. The number of hydrogen-bond donors (Lipinski definition) is 1. The average molecular weight is 342 g/mol. The molecule has 0 saturated heterocycles. The first-order valence-electron chi connectivity index (χ1n) is 6.38. The normalized spacial score (nSPS) is 12.4. The van der Waals surface area contributed by atoms with Gasteiger partial charge in [0.15, 0.2) is 0 Å². The van der Waals surface area contributed by atoms with Gasteiger partial charge in [0.1, 0.15) is 17.3 Å². The molecule has 1 unspecified atom stereocenters. The van der Waals surface area contributed by atoms with E-state index in [0.717, 1.165) is 23.4 Å². The second-order valence-electron chi connectivity index (χ2n) is 4.47. The second kappa shape index (κ2) is 6.41. The summed E-state index contributed by atoms with van der Waals surface area (Å²) in [5, 5.41) is 3.35. The first kappa shape index (κ1) is 15.1. The summed E-state index contributed by atoms with van der Waals surface area (Å²) in [6.07, 6.45) is 1.65. The second-order valence-corrected chi connectivity index (χ2v) is 5.32. The van der Waals surface area contributed by atoms with Crippen LogP contribution in [-0.4, -0.2) is 13.7 Å². The molecule has 0 aliphatic heterocycles. The fourth-order valence-electron chi connectivity index (χ4n) is 2.17. The lowest BCUT2D eigenvalue weighted by Gasteiger charge is -2.20. The van der Waals surface area contributed by atoms with Crippen molar-refractivity contribution in [1.82, 2.24) is 5.32 Å². The van der Waals surface area contributed by atoms with E-state index in [1.807, 2.05) is 19.9 Å². The molecule has 0 fully saturated rings. The molecule has 2 aromatic rings. The predicted molar refractivity (Wildman–Crippen MR) is 79.6 cm³/mol. The molecule has 0 amide bonds. The number of aryl methyl sites for hydroxylation is 1. The molecule has 3 nitrogen and oxygen atoms in total. The summed E-state index contributed by atoms with van der Waals surface area (Å²) in [6, 6.07) is 4.83. The lowest BCUT2D eigenvalue weighted by Crippen LogP contribution is -2.23. The molecular weight excluding hydrogens is 325 g/mol. The Labute approximate surface area is 126 Å². The predicted octanol–water partition coefficient (Wildman–Crippen LogP) is 4.20. The van der Waals surface area contributed by atoms with Gasteiger partial charge in [0.05, 0.1) is 23.9 Å². The van der Waals surface area contributed by atoms with Crippen molar-refractivity contribution in [3.63, 3.8) is 0 Å². The first-order chi connectivity index (χ1) is 9.58. The zero-order chi connectivity index (χ0) is 14.7. The van der Waals surface area contributed by atoms with Crippen molar-refractivity contribution in [3.05, 3.63) is 51.6 Å². The lowest BCUT2D eigenvalue weighted by atomic mass is 10.0. The van der Waals surface area contributed by atoms with E-state index in [1.165, 1.54) is 13.2 Å². The molecule has 20 heavy (non-hydrogen) atoms. The zero-order valence-corrected chi connectivity index (χ0v) is 13.3. The van der Waals surface area contributed by atoms with Crippen LogP contribution in [0, 0.1) is 12.7 Å². The van der Waals surface area contributed by atoms with Gasteiger partial charge in [-0.3, -0.25) is 0 Å². The Balaban J connectivity index is 2.55. The molecule has 1 atom stereocenters. The topological polar surface area (TPSA) is 34.4 Å². The fraction of sp³-hybridized carbons (Fsp3) is 0.333. The smallest absolute Gasteiger partial charge is 0.141 e. The summed E-state index contributed by atoms with van der Waals surface area (Å²) in [7, 11) is 1.53. The molecule has 0 bridgehead atoms. The van der Waals surface area contributed by atoms with Gasteiger partial charge in [-0.25, -0.2) is 4.39 Å². The van der Waals surface area contributed by atoms with E-state index in [1.54, 1.807) is 12.3 Å². The molecule has 108 valence electrons. The van der Waals surface area contributed by atoms with Gasteiger partial charge in [-0.15, -0.1) is 0 Å². The van der Waals surface area contributed by atoms with E-state index < -0.39 is 0 Å². The maximum atomic E-state index is 13.6. The molecule has 1 heterocycles. The third-order valence-corrected chi connectivity index (χ3v) is 3.76. The summed E-state index contributed by atoms with van der Waals surface area (Å²) >= 11 is 3.22. The van der Waals surface area contributed by atoms with E-state index >= 15 is 0 Å². The Bertz CT molecular complexity index is 598. The largest absolute Gasteiger partial charge is 0.496 e. The van der Waals surface area contributed by atoms with Gasteiger partial charge >= 0.3 is 0 Å². The minimum Gasteiger partial charge on any atom is -0.496 e. The molecule has 5 heteroatoms. The van der Waals surface area contributed by atoms with E-state index in [-0.39, 0.29) is 11.9 Å². The van der Waals surface area contributed by atoms with Crippen molar-refractivity contribution in [2.24, 2.45) is 0 Å². The number of ether oxygens (including phenoxy) is 1. The van der Waals surface area contributed by atoms with Crippen LogP contribution >= 0.6 is 15.9 Å². The third-order valence-electron chi connectivity index (χ3n) is 3.16. The van der Waals surface area contributed by atoms with Crippen molar-refractivity contribution in [2.75, 3.05) is 13.7 Å². The standard InChI is InChI=1S/C15H17BrFNO2/c1-4-18-14(15-9(2)5-6-20-15)10-7-11(16)12(17)8-13(10)19-3/h5-8,14,18H,4H2,1-3H3. The van der Waals surface area contributed by atoms with Crippen LogP contribution in [0.3, 0.4) is 0 Å². The summed E-state index contributed by atoms with van der Waals surface area (Å²) < 4.78 is 24.9. The van der Waals surface area contributed by atoms with Gasteiger partial charge in [-0.2, -0.15) is 0 Å². The Morgan fingerprint density at radius 1 is 1.45 bits per heavy atom. The number of hydrogen-bond acceptors (Lipinski definition) is 3. The Morgan fingerprint density at radius 2 is 2.20 bits per heavy atom. The van der Waals surface area contributed by atoms with Crippen LogP contribution in [0.2, 0.25) is 0 Å². The van der Waals surface area contributed by atoms with Crippen LogP contribution in [0.25, 0.3) is 0 Å². The van der Waals surface area contributed by atoms with Crippen molar-refractivity contribution in [3.8, 4) is 5.75 Å². The highest BCUT2D eigenvalue weighted by Crippen LogP contribution is 2.35. The number of nitrogens with one attached hydrogen (secondary N) is 1. The van der Waals surface area contributed by atoms with Crippen molar-refractivity contribution in [2.45, 2.75) is 19.9 Å². The molecule has 0 aliphatic rings. The maximum Gasteiger partial charge on any atom is 0.141 e. The van der Waals surface area contributed by atoms with E-state index in [2.05, 4.69) is 21.2 Å². The van der Waals surface area contributed by atoms with Crippen molar-refractivity contribution < 1.29 is 13.5 Å². The van der Waals surface area contributed by atoms with Crippen LogP contribution in [-0.2, 0) is 0 Å². The van der Waals surface area contributed by atoms with Gasteiger partial charge in [0.25, 0.3) is 0 Å². The summed E-state index contributed by atoms with van der Waals surface area (Å²) in [6.45, 7) is 4.74. The molecule has 1 N–H and O–H groups in total. The van der Waals surface area contributed by atoms with Gasteiger partial charge in [-0.05, 0) is 47.1 Å². The minimum atomic E-state index is -0.350. The molecular formula is C15H17BrFNO2. The molecule has 0 spiro atoms. The number of benzene rings is 1. The van der Waals surface area contributed by atoms with Crippen LogP contribution in [0.1, 0.15) is 29.9 Å². The number of rotatable bonds is 5. The number of halogens is 2. The molecule has 0 aliphatic carbocycles. The highest BCUT2D eigenvalue weighted by molar-refractivity contribution is 9.10. The Hall–Kier alpha value is -1.33. The molecule has 1 aromatic heterocycles. The highest BCUT2D eigenvalue weighted by atomic mass is 79.9. The van der Waals surface area contributed by atoms with E-state index in [9.17, 15) is 4.39 Å². The molecule has 2 rings (SSSR count). The van der Waals surface area contributed by atoms with Gasteiger partial charge in [-0.1, -0.05) is 6.92 Å². The maximum absolute atomic E-state index is 13.6. The number of methoxy groups -OCH3 is 1. The van der Waals surface area contributed by atoms with Gasteiger partial charge in [0.2, 0.25) is 0 Å². The van der Waals surface area contributed by atoms with Crippen molar-refractivity contribution >= 4 is 15.9 Å². The van der Waals surface area contributed by atoms with Crippen LogP contribution in [0.15, 0.2) is 33.4 Å². The molecule has 1 aromatic carbocycles. The third kappa shape index (κ3) is 2.88. The van der Waals surface area contributed by atoms with E-state index in [4.69, 9.17) is 9.15 Å². The first-order valence-corrected chi connectivity index (χ1v) is 7.18. The SMILES string of the molecule is CCNC(c1cc(Br)c(F)cc1OC)c1occc1C. The van der Waals surface area contributed by atoms with Crippen LogP contribution < -0.4 is 10.1 Å². The summed E-state index contributed by atoms with van der Waals surface area (Å²) in [5.74, 6) is 0.952. The van der Waals surface area contributed by atoms with Crippen molar-refractivity contribution in [1.29, 1.82) is 0 Å². The van der Waals surface area contributed by atoms with Gasteiger partial charge in [0, 0.05) is 11.6 Å². The summed E-state index contributed by atoms with van der Waals surface area (Å²) in [4.78, 5) is 0. The fourth-order valence-corrected chi connectivity index (χ4v) is 2.54. The lowest BCUT2D eigenvalue weighted by molar-refractivity contribution is 0.389. The van der Waals surface area contributed by atoms with Gasteiger partial charge < -0.3 is 14.5 Å². The quantitative estimate of drug-likeness (QED) is 0.885. The molecule has 0 saturated carbocycles. The highest BCUT2D eigenvalue weighted by Gasteiger charge is 2.23. The Morgan fingerprint density at radius 3 is 2.75 bits per heavy atom. The molecule has 0 radical (unpaired) electrons. The minimum absolute atomic E-state index is 0.179. The number of furan rings is 1. The summed E-state index contributed by atoms with van der Waals surface area (Å²) in [5.41, 5.74) is 1.87. The van der Waals surface area contributed by atoms with Crippen LogP contribution in [0.4, 0.5) is 4.39 Å². The van der Waals surface area contributed by atoms with Crippen LogP contribution in [0.5, 0.6) is 5.75 Å².